The van der Waals surface area contributed by atoms with Crippen molar-refractivity contribution in [2.75, 3.05) is 14.2 Å². The number of ether oxygens (including phenoxy) is 4. The van der Waals surface area contributed by atoms with Crippen molar-refractivity contribution in [2.45, 2.75) is 38.4 Å². The lowest BCUT2D eigenvalue weighted by Crippen LogP contribution is -2.63. The minimum atomic E-state index is -0.922. The molecule has 1 aromatic rings. The van der Waals surface area contributed by atoms with E-state index in [-0.39, 0.29) is 24.2 Å². The Morgan fingerprint density at radius 3 is 2.41 bits per heavy atom. The second kappa shape index (κ2) is 9.28. The van der Waals surface area contributed by atoms with Crippen molar-refractivity contribution < 1.29 is 33.5 Å². The summed E-state index contributed by atoms with van der Waals surface area (Å²) in [7, 11) is 3.00. The summed E-state index contributed by atoms with van der Waals surface area (Å²) in [5.74, 6) is -0.744. The lowest BCUT2D eigenvalue weighted by atomic mass is 9.84. The maximum Gasteiger partial charge on any atom is 0.508 e. The minimum absolute atomic E-state index is 0.0533. The molecule has 0 spiro atoms. The van der Waals surface area contributed by atoms with Crippen LogP contribution in [0.25, 0.3) is 0 Å². The molecule has 0 bridgehead atoms. The third-order valence-corrected chi connectivity index (χ3v) is 4.33. The molecule has 1 saturated heterocycles. The molecule has 1 amide bonds. The number of nitro groups is 1. The number of hydrogen-bond acceptors (Lipinski definition) is 8. The largest absolute Gasteiger partial charge is 0.508 e. The first kappa shape index (κ1) is 20.6. The molecule has 0 radical (unpaired) electrons. The first-order chi connectivity index (χ1) is 12.8. The van der Waals surface area contributed by atoms with Crippen LogP contribution in [-0.2, 0) is 30.3 Å². The summed E-state index contributed by atoms with van der Waals surface area (Å²) in [6.45, 7) is 1.51. The molecule has 2 rings (SSSR count). The SMILES string of the molecule is COC(CC1NC(=O)C1[C@@H](C)OC(=O)OCc1ccc([N+](=O)[O-])cc1)OC. The number of nitrogens with one attached hydrogen (secondary N) is 1. The maximum atomic E-state index is 11.9. The fraction of sp³-hybridized carbons (Fsp3) is 0.529. The molecule has 3 atom stereocenters. The van der Waals surface area contributed by atoms with Gasteiger partial charge in [-0.2, -0.15) is 0 Å². The molecular formula is C17H22N2O8. The summed E-state index contributed by atoms with van der Waals surface area (Å²) < 4.78 is 20.4. The van der Waals surface area contributed by atoms with E-state index >= 15 is 0 Å². The first-order valence-electron chi connectivity index (χ1n) is 8.28. The van der Waals surface area contributed by atoms with E-state index in [1.165, 1.54) is 38.5 Å². The van der Waals surface area contributed by atoms with Crippen LogP contribution in [-0.4, -0.2) is 49.6 Å². The highest BCUT2D eigenvalue weighted by Crippen LogP contribution is 2.26. The van der Waals surface area contributed by atoms with Crippen LogP contribution < -0.4 is 5.32 Å². The molecule has 148 valence electrons. The fourth-order valence-corrected chi connectivity index (χ4v) is 2.81. The van der Waals surface area contributed by atoms with Crippen molar-refractivity contribution in [1.82, 2.24) is 5.32 Å². The Balaban J connectivity index is 1.81. The number of amides is 1. The summed E-state index contributed by atoms with van der Waals surface area (Å²) >= 11 is 0. The number of nitro benzene ring substituents is 1. The van der Waals surface area contributed by atoms with Gasteiger partial charge in [0.25, 0.3) is 5.69 Å². The van der Waals surface area contributed by atoms with Gasteiger partial charge in [0.15, 0.2) is 6.29 Å². The van der Waals surface area contributed by atoms with Gasteiger partial charge in [0.2, 0.25) is 5.91 Å². The van der Waals surface area contributed by atoms with Crippen molar-refractivity contribution in [2.24, 2.45) is 5.92 Å². The molecule has 1 aliphatic rings. The van der Waals surface area contributed by atoms with Crippen molar-refractivity contribution in [3.8, 4) is 0 Å². The van der Waals surface area contributed by atoms with E-state index < -0.39 is 29.4 Å². The zero-order valence-electron chi connectivity index (χ0n) is 15.2. The van der Waals surface area contributed by atoms with Gasteiger partial charge < -0.3 is 24.3 Å². The van der Waals surface area contributed by atoms with E-state index in [9.17, 15) is 19.7 Å². The van der Waals surface area contributed by atoms with Crippen LogP contribution in [0.15, 0.2) is 24.3 Å². The average molecular weight is 382 g/mol. The van der Waals surface area contributed by atoms with Crippen LogP contribution in [0.2, 0.25) is 0 Å². The highest BCUT2D eigenvalue weighted by atomic mass is 16.7. The molecule has 1 N–H and O–H groups in total. The van der Waals surface area contributed by atoms with Gasteiger partial charge in [-0.3, -0.25) is 14.9 Å². The first-order valence-corrected chi connectivity index (χ1v) is 8.28. The van der Waals surface area contributed by atoms with Crippen molar-refractivity contribution in [3.05, 3.63) is 39.9 Å². The number of methoxy groups -OCH3 is 2. The van der Waals surface area contributed by atoms with Crippen LogP contribution in [0, 0.1) is 16.0 Å². The van der Waals surface area contributed by atoms with Crippen LogP contribution in [0.1, 0.15) is 18.9 Å². The molecule has 0 aromatic heterocycles. The normalized spacial score (nSPS) is 19.8. The van der Waals surface area contributed by atoms with Crippen molar-refractivity contribution in [3.63, 3.8) is 0 Å². The van der Waals surface area contributed by atoms with E-state index in [1.54, 1.807) is 6.92 Å². The quantitative estimate of drug-likeness (QED) is 0.225. The molecule has 27 heavy (non-hydrogen) atoms. The van der Waals surface area contributed by atoms with Gasteiger partial charge in [0.1, 0.15) is 12.7 Å². The maximum absolute atomic E-state index is 11.9. The van der Waals surface area contributed by atoms with E-state index in [2.05, 4.69) is 5.32 Å². The molecule has 1 aromatic carbocycles. The summed E-state index contributed by atoms with van der Waals surface area (Å²) in [6.07, 6.45) is -1.66. The zero-order valence-corrected chi connectivity index (χ0v) is 15.2. The number of rotatable bonds is 9. The number of hydrogen-bond donors (Lipinski definition) is 1. The van der Waals surface area contributed by atoms with Crippen molar-refractivity contribution >= 4 is 17.7 Å². The second-order valence-electron chi connectivity index (χ2n) is 6.06. The van der Waals surface area contributed by atoms with E-state index in [4.69, 9.17) is 18.9 Å². The Labute approximate surface area is 155 Å². The predicted octanol–water partition coefficient (Wildman–Crippen LogP) is 1.76. The number of β-lactam (4-membered cyclic amide) rings is 1. The van der Waals surface area contributed by atoms with E-state index in [0.717, 1.165) is 0 Å². The molecule has 1 heterocycles. The summed E-state index contributed by atoms with van der Waals surface area (Å²) in [5, 5.41) is 13.3. The van der Waals surface area contributed by atoms with Gasteiger partial charge in [-0.05, 0) is 24.6 Å². The summed E-state index contributed by atoms with van der Waals surface area (Å²) in [4.78, 5) is 33.8. The van der Waals surface area contributed by atoms with Crippen LogP contribution in [0.5, 0.6) is 0 Å². The highest BCUT2D eigenvalue weighted by molar-refractivity contribution is 5.86. The zero-order chi connectivity index (χ0) is 20.0. The average Bonchev–Trinajstić information content (AvgIpc) is 2.63. The molecular weight excluding hydrogens is 360 g/mol. The molecule has 10 nitrogen and oxygen atoms in total. The lowest BCUT2D eigenvalue weighted by Gasteiger charge is -2.40. The Hall–Kier alpha value is -2.72. The smallest absolute Gasteiger partial charge is 0.430 e. The van der Waals surface area contributed by atoms with Crippen LogP contribution in [0.4, 0.5) is 10.5 Å². The Morgan fingerprint density at radius 2 is 1.89 bits per heavy atom. The highest BCUT2D eigenvalue weighted by Gasteiger charge is 2.45. The molecule has 0 saturated carbocycles. The topological polar surface area (TPSA) is 126 Å². The number of nitrogens with zero attached hydrogens (tertiary/aromatic N) is 1. The number of carbonyl (C=O) groups excluding carboxylic acids is 2. The van der Waals surface area contributed by atoms with Gasteiger partial charge in [-0.25, -0.2) is 4.79 Å². The van der Waals surface area contributed by atoms with E-state index in [1.807, 2.05) is 0 Å². The second-order valence-corrected chi connectivity index (χ2v) is 6.06. The van der Waals surface area contributed by atoms with Crippen LogP contribution >= 0.6 is 0 Å². The molecule has 0 aliphatic carbocycles. The van der Waals surface area contributed by atoms with Gasteiger partial charge in [0.05, 0.1) is 10.8 Å². The predicted molar refractivity (Wildman–Crippen MR) is 91.7 cm³/mol. The van der Waals surface area contributed by atoms with Gasteiger partial charge in [0, 0.05) is 38.8 Å². The summed E-state index contributed by atoms with van der Waals surface area (Å²) in [6, 6.07) is 5.37. The van der Waals surface area contributed by atoms with Gasteiger partial charge in [-0.15, -0.1) is 0 Å². The van der Waals surface area contributed by atoms with Crippen LogP contribution in [0.3, 0.4) is 0 Å². The Kier molecular flexibility index (Phi) is 7.08. The molecule has 2 unspecified atom stereocenters. The Bertz CT molecular complexity index is 674. The number of benzene rings is 1. The van der Waals surface area contributed by atoms with Gasteiger partial charge in [-0.1, -0.05) is 0 Å². The third-order valence-electron chi connectivity index (χ3n) is 4.33. The summed E-state index contributed by atoms with van der Waals surface area (Å²) in [5.41, 5.74) is 0.523. The minimum Gasteiger partial charge on any atom is -0.430 e. The molecule has 1 aliphatic heterocycles. The lowest BCUT2D eigenvalue weighted by molar-refractivity contribution is -0.384. The Morgan fingerprint density at radius 1 is 1.26 bits per heavy atom. The fourth-order valence-electron chi connectivity index (χ4n) is 2.81. The molecule has 1 fully saturated rings. The number of non-ortho nitro benzene ring substituents is 1. The van der Waals surface area contributed by atoms with Gasteiger partial charge >= 0.3 is 6.16 Å². The monoisotopic (exact) mass is 382 g/mol. The third kappa shape index (κ3) is 5.38. The molecule has 10 heteroatoms. The number of carbonyl (C=O) groups is 2. The van der Waals surface area contributed by atoms with E-state index in [0.29, 0.717) is 12.0 Å². The van der Waals surface area contributed by atoms with Crippen molar-refractivity contribution in [1.29, 1.82) is 0 Å². The standard InChI is InChI=1S/C17H22N2O8/c1-10(15-13(18-16(15)20)8-14(24-2)25-3)27-17(21)26-9-11-4-6-12(7-5-11)19(22)23/h4-7,10,13-15H,8-9H2,1-3H3,(H,18,20)/t10-,13?,15?/m1/s1.